The van der Waals surface area contributed by atoms with Gasteiger partial charge in [-0.25, -0.2) is 9.98 Å². The van der Waals surface area contributed by atoms with Crippen molar-refractivity contribution in [2.45, 2.75) is 25.6 Å². The van der Waals surface area contributed by atoms with E-state index in [9.17, 15) is 13.6 Å². The summed E-state index contributed by atoms with van der Waals surface area (Å²) in [5, 5.41) is 13.2. The first-order valence-electron chi connectivity index (χ1n) is 10.9. The molecule has 2 bridgehead atoms. The van der Waals surface area contributed by atoms with Crippen LogP contribution in [0.5, 0.6) is 5.75 Å². The molecule has 0 spiro atoms. The van der Waals surface area contributed by atoms with Gasteiger partial charge in [0.1, 0.15) is 5.75 Å². The van der Waals surface area contributed by atoms with Gasteiger partial charge in [0, 0.05) is 23.7 Å². The van der Waals surface area contributed by atoms with Crippen molar-refractivity contribution in [3.63, 3.8) is 0 Å². The number of aliphatic hydroxyl groups excluding tert-OH is 1. The summed E-state index contributed by atoms with van der Waals surface area (Å²) in [6, 6.07) is 9.61. The van der Waals surface area contributed by atoms with E-state index in [1.807, 2.05) is 22.8 Å². The Morgan fingerprint density at radius 3 is 2.89 bits per heavy atom. The van der Waals surface area contributed by atoms with Gasteiger partial charge >= 0.3 is 6.61 Å². The molecule has 8 nitrogen and oxygen atoms in total. The Morgan fingerprint density at radius 2 is 2.06 bits per heavy atom. The number of fused-ring (bicyclic) bond motifs is 9. The molecule has 174 valence electrons. The SMILES string of the molecule is O=C1N=C2C[C@H](c3c(OC(F)F)cccc31)n1c2nc2ccc(C#Cc3cnn(CCO)c3)cc21. The fraction of sp³-hybridized carbons (Fsp3) is 0.200. The molecule has 0 saturated carbocycles. The number of halogens is 2. The molecule has 35 heavy (non-hydrogen) atoms. The van der Waals surface area contributed by atoms with Crippen LogP contribution in [-0.4, -0.2) is 49.3 Å². The average molecular weight is 473 g/mol. The van der Waals surface area contributed by atoms with Gasteiger partial charge in [-0.2, -0.15) is 13.9 Å². The second-order valence-electron chi connectivity index (χ2n) is 8.15. The van der Waals surface area contributed by atoms with Crippen molar-refractivity contribution in [1.82, 2.24) is 19.3 Å². The van der Waals surface area contributed by atoms with E-state index in [1.165, 1.54) is 12.1 Å². The maximum Gasteiger partial charge on any atom is 0.387 e. The first-order valence-corrected chi connectivity index (χ1v) is 10.9. The molecule has 0 unspecified atom stereocenters. The minimum absolute atomic E-state index is 0.0111. The van der Waals surface area contributed by atoms with Gasteiger partial charge in [-0.15, -0.1) is 0 Å². The second-order valence-corrected chi connectivity index (χ2v) is 8.15. The van der Waals surface area contributed by atoms with Crippen LogP contribution in [-0.2, 0) is 6.54 Å². The number of alkyl halides is 2. The third-order valence-corrected chi connectivity index (χ3v) is 6.04. The number of amides is 1. The number of aromatic nitrogens is 4. The van der Waals surface area contributed by atoms with Crippen LogP contribution in [0, 0.1) is 11.8 Å². The van der Waals surface area contributed by atoms with Crippen molar-refractivity contribution in [3.8, 4) is 17.6 Å². The lowest BCUT2D eigenvalue weighted by Crippen LogP contribution is -2.15. The Balaban J connectivity index is 1.46. The van der Waals surface area contributed by atoms with E-state index in [4.69, 9.17) is 9.84 Å². The van der Waals surface area contributed by atoms with E-state index in [2.05, 4.69) is 26.9 Å². The summed E-state index contributed by atoms with van der Waals surface area (Å²) in [5.41, 5.74) is 4.00. The molecule has 2 aromatic heterocycles. The lowest BCUT2D eigenvalue weighted by molar-refractivity contribution is -0.0507. The van der Waals surface area contributed by atoms with Crippen LogP contribution in [0.25, 0.3) is 11.0 Å². The number of hydrogen-bond donors (Lipinski definition) is 1. The first-order chi connectivity index (χ1) is 17.0. The fourth-order valence-electron chi connectivity index (χ4n) is 4.64. The van der Waals surface area contributed by atoms with Gasteiger partial charge in [0.15, 0.2) is 5.82 Å². The molecule has 0 fully saturated rings. The van der Waals surface area contributed by atoms with Gasteiger partial charge in [0.05, 0.1) is 53.3 Å². The summed E-state index contributed by atoms with van der Waals surface area (Å²) >= 11 is 0. The van der Waals surface area contributed by atoms with Crippen LogP contribution in [0.1, 0.15) is 45.3 Å². The minimum atomic E-state index is -3.02. The van der Waals surface area contributed by atoms with Crippen LogP contribution >= 0.6 is 0 Å². The second kappa shape index (κ2) is 8.14. The topological polar surface area (TPSA) is 94.5 Å². The van der Waals surface area contributed by atoms with Gasteiger partial charge in [0.25, 0.3) is 5.91 Å². The maximum absolute atomic E-state index is 13.2. The Bertz CT molecular complexity index is 1590. The molecular formula is C25H17F2N5O3. The largest absolute Gasteiger partial charge is 0.434 e. The Labute approximate surface area is 197 Å². The van der Waals surface area contributed by atoms with Crippen molar-refractivity contribution < 1.29 is 23.4 Å². The fourth-order valence-corrected chi connectivity index (χ4v) is 4.64. The normalized spacial score (nSPS) is 15.9. The summed E-state index contributed by atoms with van der Waals surface area (Å²) in [7, 11) is 0. The van der Waals surface area contributed by atoms with Crippen LogP contribution in [0.15, 0.2) is 53.8 Å². The molecule has 1 amide bonds. The van der Waals surface area contributed by atoms with E-state index in [0.29, 0.717) is 41.1 Å². The van der Waals surface area contributed by atoms with Crippen molar-refractivity contribution in [1.29, 1.82) is 0 Å². The number of rotatable bonds is 4. The predicted molar refractivity (Wildman–Crippen MR) is 122 cm³/mol. The highest BCUT2D eigenvalue weighted by Gasteiger charge is 2.39. The van der Waals surface area contributed by atoms with Gasteiger partial charge in [-0.1, -0.05) is 17.9 Å². The zero-order chi connectivity index (χ0) is 24.1. The number of benzene rings is 2. The molecule has 2 aliphatic heterocycles. The Hall–Kier alpha value is -4.36. The summed E-state index contributed by atoms with van der Waals surface area (Å²) in [4.78, 5) is 21.7. The molecule has 1 atom stereocenters. The van der Waals surface area contributed by atoms with Crippen molar-refractivity contribution in [2.75, 3.05) is 6.61 Å². The zero-order valence-electron chi connectivity index (χ0n) is 18.2. The molecule has 4 aromatic rings. The molecule has 10 heteroatoms. The Kier molecular flexibility index (Phi) is 4.93. The molecule has 1 N–H and O–H groups in total. The van der Waals surface area contributed by atoms with E-state index >= 15 is 0 Å². The number of ether oxygens (including phenoxy) is 1. The molecule has 0 saturated heterocycles. The van der Waals surface area contributed by atoms with Crippen molar-refractivity contribution >= 4 is 22.7 Å². The van der Waals surface area contributed by atoms with Gasteiger partial charge < -0.3 is 14.4 Å². The molecule has 0 aliphatic carbocycles. The van der Waals surface area contributed by atoms with Crippen molar-refractivity contribution in [3.05, 3.63) is 76.9 Å². The summed E-state index contributed by atoms with van der Waals surface area (Å²) in [5.74, 6) is 6.16. The molecule has 2 aliphatic rings. The third-order valence-electron chi connectivity index (χ3n) is 6.04. The summed E-state index contributed by atoms with van der Waals surface area (Å²) in [6.07, 6.45) is 3.73. The number of carbonyl (C=O) groups is 1. The van der Waals surface area contributed by atoms with E-state index < -0.39 is 18.6 Å². The highest BCUT2D eigenvalue weighted by Crippen LogP contribution is 2.43. The number of imidazole rings is 1. The number of aliphatic imine (C=N–C) groups is 1. The molecule has 0 radical (unpaired) electrons. The maximum atomic E-state index is 13.2. The van der Waals surface area contributed by atoms with E-state index in [-0.39, 0.29) is 17.9 Å². The summed E-state index contributed by atoms with van der Waals surface area (Å²) < 4.78 is 34.6. The Morgan fingerprint density at radius 1 is 1.20 bits per heavy atom. The highest BCUT2D eigenvalue weighted by atomic mass is 19.3. The average Bonchev–Trinajstić information content (AvgIpc) is 3.50. The third kappa shape index (κ3) is 3.57. The standard InChI is InChI=1S/C25H17F2N5O3/c26-25(27)35-21-3-1-2-16-22(21)20-11-18(30-24(16)34)23-29-17-7-6-14(10-19(17)32(20)23)4-5-15-12-28-31(13-15)8-9-33/h1-3,6-7,10,12-13,20,25,33H,8-9,11H2/t20-/m1/s1. The smallest absolute Gasteiger partial charge is 0.387 e. The quantitative estimate of drug-likeness (QED) is 0.460. The number of hydrogen-bond acceptors (Lipinski definition) is 5. The van der Waals surface area contributed by atoms with Crippen LogP contribution in [0.2, 0.25) is 0 Å². The highest BCUT2D eigenvalue weighted by molar-refractivity contribution is 6.14. The monoisotopic (exact) mass is 473 g/mol. The number of nitrogens with zero attached hydrogens (tertiary/aromatic N) is 5. The minimum Gasteiger partial charge on any atom is -0.434 e. The predicted octanol–water partition coefficient (Wildman–Crippen LogP) is 3.16. The van der Waals surface area contributed by atoms with Gasteiger partial charge in [-0.3, -0.25) is 9.48 Å². The van der Waals surface area contributed by atoms with Crippen LogP contribution < -0.4 is 4.74 Å². The van der Waals surface area contributed by atoms with E-state index in [0.717, 1.165) is 11.1 Å². The lowest BCUT2D eigenvalue weighted by Gasteiger charge is -2.20. The summed E-state index contributed by atoms with van der Waals surface area (Å²) in [6.45, 7) is -2.64. The molecule has 4 heterocycles. The molecule has 2 aromatic carbocycles. The molecular weight excluding hydrogens is 456 g/mol. The van der Waals surface area contributed by atoms with Crippen molar-refractivity contribution in [2.24, 2.45) is 4.99 Å². The molecule has 6 rings (SSSR count). The lowest BCUT2D eigenvalue weighted by atomic mass is 9.97. The number of aliphatic hydroxyl groups is 1. The van der Waals surface area contributed by atoms with E-state index in [1.54, 1.807) is 23.1 Å². The first kappa shape index (κ1) is 21.2. The zero-order valence-corrected chi connectivity index (χ0v) is 18.2. The van der Waals surface area contributed by atoms with Gasteiger partial charge in [0.2, 0.25) is 0 Å². The van der Waals surface area contributed by atoms with Crippen LogP contribution in [0.4, 0.5) is 8.78 Å². The number of carbonyl (C=O) groups excluding carboxylic acids is 1. The van der Waals surface area contributed by atoms with Crippen LogP contribution in [0.3, 0.4) is 0 Å². The van der Waals surface area contributed by atoms with Gasteiger partial charge in [-0.05, 0) is 30.3 Å².